The topological polar surface area (TPSA) is 20.2 Å². The van der Waals surface area contributed by atoms with Crippen LogP contribution in [-0.4, -0.2) is 5.11 Å². The Morgan fingerprint density at radius 3 is 1.84 bits per heavy atom. The number of hydrogen-bond donors (Lipinski definition) is 1. The van der Waals surface area contributed by atoms with Crippen molar-refractivity contribution in [2.75, 3.05) is 0 Å². The van der Waals surface area contributed by atoms with E-state index in [0.717, 1.165) is 16.7 Å². The highest BCUT2D eigenvalue weighted by Gasteiger charge is 2.05. The molecule has 0 aromatic heterocycles. The Hall–Kier alpha value is -3.49. The Morgan fingerprint density at radius 1 is 0.720 bits per heavy atom. The Bertz CT molecular complexity index is 1010. The third-order valence-electron chi connectivity index (χ3n) is 3.65. The summed E-state index contributed by atoms with van der Waals surface area (Å²) in [4.78, 5) is 0. The van der Waals surface area contributed by atoms with Gasteiger partial charge in [-0.25, -0.2) is 4.39 Å². The molecule has 0 atom stereocenters. The van der Waals surface area contributed by atoms with E-state index in [9.17, 15) is 9.50 Å². The van der Waals surface area contributed by atoms with E-state index >= 15 is 0 Å². The minimum atomic E-state index is -0.289. The van der Waals surface area contributed by atoms with Crippen LogP contribution in [-0.2, 0) is 0 Å². The molecule has 0 radical (unpaired) electrons. The fourth-order valence-electron chi connectivity index (χ4n) is 2.39. The van der Waals surface area contributed by atoms with Crippen molar-refractivity contribution in [2.24, 2.45) is 0 Å². The van der Waals surface area contributed by atoms with Crippen LogP contribution in [0.4, 0.5) is 4.39 Å². The van der Waals surface area contributed by atoms with E-state index in [1.165, 1.54) is 6.07 Å². The zero-order valence-electron chi connectivity index (χ0n) is 13.7. The number of benzene rings is 3. The zero-order chi connectivity index (χ0) is 17.6. The highest BCUT2D eigenvalue weighted by molar-refractivity contribution is 5.66. The van der Waals surface area contributed by atoms with Gasteiger partial charge < -0.3 is 5.11 Å². The van der Waals surface area contributed by atoms with E-state index in [-0.39, 0.29) is 11.6 Å². The van der Waals surface area contributed by atoms with Crippen molar-refractivity contribution in [2.45, 2.75) is 6.92 Å². The van der Waals surface area contributed by atoms with Gasteiger partial charge in [-0.1, -0.05) is 36.0 Å². The van der Waals surface area contributed by atoms with E-state index in [2.05, 4.69) is 23.7 Å². The maximum atomic E-state index is 14.2. The van der Waals surface area contributed by atoms with E-state index in [1.54, 1.807) is 37.3 Å². The third kappa shape index (κ3) is 4.08. The molecular weight excluding hydrogens is 311 g/mol. The lowest BCUT2D eigenvalue weighted by atomic mass is 10.0. The molecule has 0 aliphatic carbocycles. The predicted molar refractivity (Wildman–Crippen MR) is 98.5 cm³/mol. The van der Waals surface area contributed by atoms with Crippen molar-refractivity contribution in [1.82, 2.24) is 0 Å². The number of phenols is 1. The summed E-state index contributed by atoms with van der Waals surface area (Å²) in [6.45, 7) is 1.73. The lowest BCUT2D eigenvalue weighted by Gasteiger charge is -2.04. The van der Waals surface area contributed by atoms with Crippen LogP contribution in [0.15, 0.2) is 66.7 Å². The van der Waals surface area contributed by atoms with Crippen LogP contribution < -0.4 is 0 Å². The standard InChI is InChI=1S/C23H15FO/c1-2-3-19-10-15-22(23(24)16-19)20-11-6-17(7-12-20)4-5-18-8-13-21(25)14-9-18/h6-16,25H,1H3. The Labute approximate surface area is 146 Å². The van der Waals surface area contributed by atoms with Gasteiger partial charge in [-0.3, -0.25) is 0 Å². The van der Waals surface area contributed by atoms with Gasteiger partial charge in [0.25, 0.3) is 0 Å². The lowest BCUT2D eigenvalue weighted by molar-refractivity contribution is 0.475. The Balaban J connectivity index is 1.83. The molecule has 0 fully saturated rings. The van der Waals surface area contributed by atoms with Crippen LogP contribution in [0.1, 0.15) is 23.6 Å². The molecule has 0 heterocycles. The molecule has 0 aliphatic heterocycles. The summed E-state index contributed by atoms with van der Waals surface area (Å²) >= 11 is 0. The van der Waals surface area contributed by atoms with Gasteiger partial charge in [0.05, 0.1) is 0 Å². The van der Waals surface area contributed by atoms with E-state index in [0.29, 0.717) is 11.1 Å². The number of rotatable bonds is 1. The molecule has 0 amide bonds. The average molecular weight is 326 g/mol. The second-order valence-corrected chi connectivity index (χ2v) is 5.44. The van der Waals surface area contributed by atoms with Crippen LogP contribution >= 0.6 is 0 Å². The van der Waals surface area contributed by atoms with Crippen LogP contribution in [0.25, 0.3) is 11.1 Å². The predicted octanol–water partition coefficient (Wildman–Crippen LogP) is 4.97. The molecule has 120 valence electrons. The van der Waals surface area contributed by atoms with Gasteiger partial charge >= 0.3 is 0 Å². The molecule has 0 saturated carbocycles. The molecule has 3 rings (SSSR count). The normalized spacial score (nSPS) is 9.52. The number of hydrogen-bond acceptors (Lipinski definition) is 1. The molecule has 0 spiro atoms. The maximum absolute atomic E-state index is 14.2. The molecule has 0 unspecified atom stereocenters. The summed E-state index contributed by atoms with van der Waals surface area (Å²) in [6.07, 6.45) is 0. The minimum Gasteiger partial charge on any atom is -0.508 e. The zero-order valence-corrected chi connectivity index (χ0v) is 13.7. The number of halogens is 1. The summed E-state index contributed by atoms with van der Waals surface area (Å²) in [6, 6.07) is 19.1. The fraction of sp³-hybridized carbons (Fsp3) is 0.0435. The van der Waals surface area contributed by atoms with Crippen LogP contribution in [0.5, 0.6) is 5.75 Å². The second-order valence-electron chi connectivity index (χ2n) is 5.44. The highest BCUT2D eigenvalue weighted by Crippen LogP contribution is 2.24. The maximum Gasteiger partial charge on any atom is 0.132 e. The average Bonchev–Trinajstić information content (AvgIpc) is 2.62. The van der Waals surface area contributed by atoms with Crippen molar-refractivity contribution < 1.29 is 9.50 Å². The number of aromatic hydroxyl groups is 1. The Morgan fingerprint density at radius 2 is 1.28 bits per heavy atom. The first-order valence-corrected chi connectivity index (χ1v) is 7.79. The first-order valence-electron chi connectivity index (χ1n) is 7.79. The monoisotopic (exact) mass is 326 g/mol. The van der Waals surface area contributed by atoms with E-state index < -0.39 is 0 Å². The van der Waals surface area contributed by atoms with Gasteiger partial charge in [0.2, 0.25) is 0 Å². The minimum absolute atomic E-state index is 0.216. The third-order valence-corrected chi connectivity index (χ3v) is 3.65. The summed E-state index contributed by atoms with van der Waals surface area (Å²) in [7, 11) is 0. The van der Waals surface area contributed by atoms with Crippen molar-refractivity contribution >= 4 is 0 Å². The highest BCUT2D eigenvalue weighted by atomic mass is 19.1. The smallest absolute Gasteiger partial charge is 0.132 e. The van der Waals surface area contributed by atoms with Gasteiger partial charge in [-0.15, -0.1) is 5.92 Å². The fourth-order valence-corrected chi connectivity index (χ4v) is 2.39. The molecule has 1 nitrogen and oxygen atoms in total. The summed E-state index contributed by atoms with van der Waals surface area (Å²) in [5.41, 5.74) is 3.66. The second kappa shape index (κ2) is 7.39. The van der Waals surface area contributed by atoms with Crippen molar-refractivity contribution in [1.29, 1.82) is 0 Å². The number of phenolic OH excluding ortho intramolecular Hbond substituents is 1. The van der Waals surface area contributed by atoms with Gasteiger partial charge in [0.1, 0.15) is 11.6 Å². The molecule has 0 saturated heterocycles. The largest absolute Gasteiger partial charge is 0.508 e. The molecule has 2 heteroatoms. The molecule has 0 aliphatic rings. The SMILES string of the molecule is CC#Cc1ccc(-c2ccc(C#Cc3ccc(O)cc3)cc2)c(F)c1. The summed E-state index contributed by atoms with van der Waals surface area (Å²) in [5.74, 6) is 11.6. The first kappa shape index (κ1) is 16.4. The van der Waals surface area contributed by atoms with Crippen LogP contribution in [0.2, 0.25) is 0 Å². The lowest BCUT2D eigenvalue weighted by Crippen LogP contribution is -1.87. The van der Waals surface area contributed by atoms with Crippen LogP contribution in [0, 0.1) is 29.5 Å². The van der Waals surface area contributed by atoms with Gasteiger partial charge in [0.15, 0.2) is 0 Å². The molecule has 3 aromatic carbocycles. The van der Waals surface area contributed by atoms with Crippen molar-refractivity contribution in [3.63, 3.8) is 0 Å². The summed E-state index contributed by atoms with van der Waals surface area (Å²) < 4.78 is 14.2. The molecule has 1 N–H and O–H groups in total. The van der Waals surface area contributed by atoms with Crippen molar-refractivity contribution in [3.05, 3.63) is 89.2 Å². The Kier molecular flexibility index (Phi) is 4.84. The summed E-state index contributed by atoms with van der Waals surface area (Å²) in [5, 5.41) is 9.26. The van der Waals surface area contributed by atoms with E-state index in [4.69, 9.17) is 0 Å². The van der Waals surface area contributed by atoms with Crippen molar-refractivity contribution in [3.8, 4) is 40.6 Å². The van der Waals surface area contributed by atoms with Gasteiger partial charge in [0, 0.05) is 22.3 Å². The van der Waals surface area contributed by atoms with Crippen LogP contribution in [0.3, 0.4) is 0 Å². The first-order chi connectivity index (χ1) is 12.2. The molecule has 0 bridgehead atoms. The van der Waals surface area contributed by atoms with Gasteiger partial charge in [-0.2, -0.15) is 0 Å². The van der Waals surface area contributed by atoms with Gasteiger partial charge in [-0.05, 0) is 61.0 Å². The molecule has 25 heavy (non-hydrogen) atoms. The molecule has 3 aromatic rings. The quantitative estimate of drug-likeness (QED) is 0.626. The van der Waals surface area contributed by atoms with E-state index in [1.807, 2.05) is 30.3 Å². The molecular formula is C23H15FO.